The summed E-state index contributed by atoms with van der Waals surface area (Å²) in [4.78, 5) is 3.88. The molecule has 0 fully saturated rings. The standard InChI is InChI=1S/C8H11FN2OS/c9-4-2-6-13(12)8-7(10)3-1-5-11-8/h1,3,5H,2,4,6,10H2. The number of hydrogen-bond donors (Lipinski definition) is 1. The van der Waals surface area contributed by atoms with Gasteiger partial charge in [-0.15, -0.1) is 0 Å². The number of anilines is 1. The monoisotopic (exact) mass is 202 g/mol. The van der Waals surface area contributed by atoms with Crippen LogP contribution in [0.2, 0.25) is 0 Å². The Morgan fingerprint density at radius 3 is 3.00 bits per heavy atom. The van der Waals surface area contributed by atoms with E-state index in [1.54, 1.807) is 12.1 Å². The van der Waals surface area contributed by atoms with Crippen LogP contribution in [-0.2, 0) is 10.8 Å². The Balaban J connectivity index is 2.71. The molecular formula is C8H11FN2OS. The molecule has 0 aliphatic carbocycles. The largest absolute Gasteiger partial charge is 0.396 e. The Morgan fingerprint density at radius 1 is 1.62 bits per heavy atom. The average molecular weight is 202 g/mol. The zero-order chi connectivity index (χ0) is 9.68. The van der Waals surface area contributed by atoms with Crippen LogP contribution in [0.15, 0.2) is 23.4 Å². The quantitative estimate of drug-likeness (QED) is 0.796. The molecule has 1 aromatic heterocycles. The van der Waals surface area contributed by atoms with E-state index in [-0.39, 0.29) is 12.2 Å². The molecule has 0 saturated heterocycles. The van der Waals surface area contributed by atoms with Crippen molar-refractivity contribution < 1.29 is 8.60 Å². The Morgan fingerprint density at radius 2 is 2.38 bits per heavy atom. The third kappa shape index (κ3) is 2.77. The molecule has 0 aliphatic heterocycles. The first-order valence-electron chi connectivity index (χ1n) is 3.90. The van der Waals surface area contributed by atoms with Gasteiger partial charge in [0.15, 0.2) is 0 Å². The van der Waals surface area contributed by atoms with Gasteiger partial charge in [-0.1, -0.05) is 0 Å². The van der Waals surface area contributed by atoms with Crippen molar-refractivity contribution in [2.24, 2.45) is 0 Å². The molecule has 0 amide bonds. The van der Waals surface area contributed by atoms with Gasteiger partial charge in [0, 0.05) is 11.9 Å². The van der Waals surface area contributed by atoms with Crippen LogP contribution in [0.3, 0.4) is 0 Å². The van der Waals surface area contributed by atoms with Crippen molar-refractivity contribution in [3.05, 3.63) is 18.3 Å². The van der Waals surface area contributed by atoms with Gasteiger partial charge >= 0.3 is 0 Å². The van der Waals surface area contributed by atoms with Crippen LogP contribution in [-0.4, -0.2) is 21.6 Å². The molecule has 1 atom stereocenters. The molecule has 0 saturated carbocycles. The van der Waals surface area contributed by atoms with Crippen LogP contribution < -0.4 is 5.73 Å². The van der Waals surface area contributed by atoms with Crippen molar-refractivity contribution in [1.82, 2.24) is 4.98 Å². The number of hydrogen-bond acceptors (Lipinski definition) is 3. The van der Waals surface area contributed by atoms with Gasteiger partial charge in [-0.2, -0.15) is 0 Å². The fourth-order valence-electron chi connectivity index (χ4n) is 0.876. The van der Waals surface area contributed by atoms with E-state index in [2.05, 4.69) is 4.98 Å². The first kappa shape index (κ1) is 10.1. The summed E-state index contributed by atoms with van der Waals surface area (Å²) in [7, 11) is -1.27. The van der Waals surface area contributed by atoms with E-state index in [0.717, 1.165) is 0 Å². The maximum absolute atomic E-state index is 11.8. The molecule has 0 radical (unpaired) electrons. The molecule has 0 aliphatic rings. The lowest BCUT2D eigenvalue weighted by molar-refractivity contribution is 0.488. The molecule has 1 heterocycles. The molecule has 3 nitrogen and oxygen atoms in total. The first-order valence-corrected chi connectivity index (χ1v) is 5.22. The molecule has 72 valence electrons. The van der Waals surface area contributed by atoms with Crippen LogP contribution in [0.25, 0.3) is 0 Å². The normalized spacial score (nSPS) is 12.7. The summed E-state index contributed by atoms with van der Waals surface area (Å²) in [6, 6.07) is 3.31. The molecular weight excluding hydrogens is 191 g/mol. The topological polar surface area (TPSA) is 56.0 Å². The van der Waals surface area contributed by atoms with Gasteiger partial charge < -0.3 is 5.73 Å². The maximum atomic E-state index is 11.8. The first-order chi connectivity index (χ1) is 6.25. The molecule has 0 spiro atoms. The second kappa shape index (κ2) is 4.91. The third-order valence-corrected chi connectivity index (χ3v) is 2.91. The lowest BCUT2D eigenvalue weighted by Gasteiger charge is -2.02. The van der Waals surface area contributed by atoms with Crippen molar-refractivity contribution in [1.29, 1.82) is 0 Å². The van der Waals surface area contributed by atoms with E-state index in [0.29, 0.717) is 10.7 Å². The Bertz CT molecular complexity index is 306. The second-order valence-electron chi connectivity index (χ2n) is 2.49. The van der Waals surface area contributed by atoms with Gasteiger partial charge in [0.25, 0.3) is 0 Å². The van der Waals surface area contributed by atoms with Gasteiger partial charge in [0.1, 0.15) is 5.03 Å². The van der Waals surface area contributed by atoms with Crippen LogP contribution in [0.5, 0.6) is 0 Å². The minimum atomic E-state index is -1.27. The van der Waals surface area contributed by atoms with E-state index in [4.69, 9.17) is 5.73 Å². The second-order valence-corrected chi connectivity index (χ2v) is 3.98. The molecule has 1 aromatic rings. The SMILES string of the molecule is Nc1cccnc1S(=O)CCCF. The predicted molar refractivity (Wildman–Crippen MR) is 50.5 cm³/mol. The highest BCUT2D eigenvalue weighted by Gasteiger charge is 2.07. The van der Waals surface area contributed by atoms with Crippen molar-refractivity contribution in [3.63, 3.8) is 0 Å². The summed E-state index contributed by atoms with van der Waals surface area (Å²) >= 11 is 0. The molecule has 1 rings (SSSR count). The van der Waals surface area contributed by atoms with Gasteiger partial charge in [-0.3, -0.25) is 8.60 Å². The summed E-state index contributed by atoms with van der Waals surface area (Å²) in [6.07, 6.45) is 1.81. The summed E-state index contributed by atoms with van der Waals surface area (Å²) in [5.41, 5.74) is 5.95. The average Bonchev–Trinajstić information content (AvgIpc) is 2.15. The highest BCUT2D eigenvalue weighted by Crippen LogP contribution is 2.12. The minimum absolute atomic E-state index is 0.276. The molecule has 13 heavy (non-hydrogen) atoms. The fraction of sp³-hybridized carbons (Fsp3) is 0.375. The summed E-state index contributed by atoms with van der Waals surface area (Å²) in [5.74, 6) is 0.276. The summed E-state index contributed by atoms with van der Waals surface area (Å²) in [6.45, 7) is -0.460. The van der Waals surface area contributed by atoms with Crippen LogP contribution in [0.4, 0.5) is 10.1 Å². The van der Waals surface area contributed by atoms with E-state index >= 15 is 0 Å². The van der Waals surface area contributed by atoms with E-state index in [1.165, 1.54) is 6.20 Å². The van der Waals surface area contributed by atoms with Gasteiger partial charge in [-0.25, -0.2) is 4.98 Å². The zero-order valence-corrected chi connectivity index (χ0v) is 7.89. The van der Waals surface area contributed by atoms with Gasteiger partial charge in [-0.05, 0) is 18.6 Å². The highest BCUT2D eigenvalue weighted by molar-refractivity contribution is 7.85. The minimum Gasteiger partial charge on any atom is -0.396 e. The molecule has 1 unspecified atom stereocenters. The van der Waals surface area contributed by atoms with Crippen molar-refractivity contribution >= 4 is 16.5 Å². The number of alkyl halides is 1. The van der Waals surface area contributed by atoms with E-state index in [9.17, 15) is 8.60 Å². The summed E-state index contributed by atoms with van der Waals surface area (Å²) < 4.78 is 23.2. The number of nitrogens with zero attached hydrogens (tertiary/aromatic N) is 1. The number of aromatic nitrogens is 1. The van der Waals surface area contributed by atoms with Gasteiger partial charge in [0.05, 0.1) is 23.2 Å². The van der Waals surface area contributed by atoms with Crippen molar-refractivity contribution in [2.75, 3.05) is 18.2 Å². The number of rotatable bonds is 4. The molecule has 0 bridgehead atoms. The fourth-order valence-corrected chi connectivity index (χ4v) is 1.95. The maximum Gasteiger partial charge on any atom is 0.150 e. The smallest absolute Gasteiger partial charge is 0.150 e. The lowest BCUT2D eigenvalue weighted by Crippen LogP contribution is -2.04. The van der Waals surface area contributed by atoms with Gasteiger partial charge in [0.2, 0.25) is 0 Å². The summed E-state index contributed by atoms with van der Waals surface area (Å²) in [5, 5.41) is 0.357. The Labute approximate surface area is 78.6 Å². The molecule has 5 heteroatoms. The number of pyridine rings is 1. The number of nitrogen functional groups attached to an aromatic ring is 1. The predicted octanol–water partition coefficient (Wildman–Crippen LogP) is 1.13. The number of halogens is 1. The van der Waals surface area contributed by atoms with Crippen molar-refractivity contribution in [3.8, 4) is 0 Å². The lowest BCUT2D eigenvalue weighted by atomic mass is 10.4. The van der Waals surface area contributed by atoms with E-state index in [1.807, 2.05) is 0 Å². The molecule has 2 N–H and O–H groups in total. The highest BCUT2D eigenvalue weighted by atomic mass is 32.2. The Hall–Kier alpha value is -0.970. The van der Waals surface area contributed by atoms with E-state index < -0.39 is 17.5 Å². The zero-order valence-electron chi connectivity index (χ0n) is 7.07. The van der Waals surface area contributed by atoms with Crippen LogP contribution in [0.1, 0.15) is 6.42 Å². The van der Waals surface area contributed by atoms with Crippen molar-refractivity contribution in [2.45, 2.75) is 11.4 Å². The Kier molecular flexibility index (Phi) is 3.82. The van der Waals surface area contributed by atoms with Crippen LogP contribution in [0, 0.1) is 0 Å². The van der Waals surface area contributed by atoms with Crippen LogP contribution >= 0.6 is 0 Å². The molecule has 0 aromatic carbocycles. The number of nitrogens with two attached hydrogens (primary N) is 1. The third-order valence-electron chi connectivity index (χ3n) is 1.48.